The van der Waals surface area contributed by atoms with E-state index in [2.05, 4.69) is 40.3 Å². The molecule has 4 heterocycles. The molecule has 0 bridgehead atoms. The number of nitrogens with one attached hydrogen (secondary N) is 1. The number of anilines is 3. The van der Waals surface area contributed by atoms with Gasteiger partial charge in [-0.15, -0.1) is 0 Å². The highest BCUT2D eigenvalue weighted by atomic mass is 32.2. The number of aryl methyl sites for hydroxylation is 1. The van der Waals surface area contributed by atoms with E-state index in [1.54, 1.807) is 6.07 Å². The van der Waals surface area contributed by atoms with Gasteiger partial charge >= 0.3 is 0 Å². The van der Waals surface area contributed by atoms with Gasteiger partial charge in [0.2, 0.25) is 0 Å². The highest BCUT2D eigenvalue weighted by Gasteiger charge is 2.40. The number of amides is 1. The zero-order valence-electron chi connectivity index (χ0n) is 21.8. The van der Waals surface area contributed by atoms with E-state index in [0.29, 0.717) is 38.0 Å². The maximum atomic E-state index is 13.5. The number of nitrogens with two attached hydrogens (primary N) is 1. The van der Waals surface area contributed by atoms with Crippen molar-refractivity contribution in [2.24, 2.45) is 5.92 Å². The molecule has 2 aliphatic heterocycles. The van der Waals surface area contributed by atoms with Gasteiger partial charge in [0.15, 0.2) is 5.03 Å². The third kappa shape index (κ3) is 5.27. The van der Waals surface area contributed by atoms with Crippen LogP contribution in [0.5, 0.6) is 0 Å². The number of sulfonamides is 1. The predicted octanol–water partition coefficient (Wildman–Crippen LogP) is 2.73. The first-order valence-electron chi connectivity index (χ1n) is 12.2. The molecule has 0 saturated carbocycles. The molecule has 0 spiro atoms. The molecule has 10 nitrogen and oxygen atoms in total. The number of carbonyl (C=O) groups is 1. The maximum Gasteiger partial charge on any atom is 0.281 e. The number of pyridine rings is 2. The summed E-state index contributed by atoms with van der Waals surface area (Å²) in [6.07, 6.45) is 0.926. The molecule has 0 radical (unpaired) electrons. The van der Waals surface area contributed by atoms with E-state index in [0.717, 1.165) is 17.8 Å². The van der Waals surface area contributed by atoms with Gasteiger partial charge in [-0.05, 0) is 70.7 Å². The summed E-state index contributed by atoms with van der Waals surface area (Å²) >= 11 is 0. The van der Waals surface area contributed by atoms with Crippen LogP contribution in [0.25, 0.3) is 0 Å². The van der Waals surface area contributed by atoms with Crippen LogP contribution in [0.2, 0.25) is 0 Å². The average molecular weight is 517 g/mol. The number of nitrogen functional groups attached to an aromatic ring is 1. The van der Waals surface area contributed by atoms with Gasteiger partial charge in [0.25, 0.3) is 15.9 Å². The Balaban J connectivity index is 1.77. The van der Waals surface area contributed by atoms with Crippen LogP contribution in [0.3, 0.4) is 0 Å². The monoisotopic (exact) mass is 516 g/mol. The Labute approximate surface area is 213 Å². The van der Waals surface area contributed by atoms with E-state index in [-0.39, 0.29) is 27.5 Å². The van der Waals surface area contributed by atoms with E-state index >= 15 is 0 Å². The lowest BCUT2D eigenvalue weighted by Crippen LogP contribution is -2.49. The molecule has 3 N–H and O–H groups in total. The molecular formula is C25H36N6O4S. The Kier molecular flexibility index (Phi) is 6.67. The summed E-state index contributed by atoms with van der Waals surface area (Å²) in [6, 6.07) is 5.99. The molecule has 1 atom stereocenters. The van der Waals surface area contributed by atoms with Crippen molar-refractivity contribution in [2.45, 2.75) is 64.1 Å². The number of hydrogen-bond donors (Lipinski definition) is 2. The predicted molar refractivity (Wildman–Crippen MR) is 140 cm³/mol. The summed E-state index contributed by atoms with van der Waals surface area (Å²) in [7, 11) is -4.23. The fourth-order valence-corrected chi connectivity index (χ4v) is 6.20. The SMILES string of the molecule is Cc1cc(C(=O)NS(=O)(=O)c2cccc(N)n2)c(N2C[C@@H](C)CC2(C)C)nc1N1CCOC(C)(C)C1. The number of nitrogens with zero attached hydrogens (tertiary/aromatic N) is 4. The summed E-state index contributed by atoms with van der Waals surface area (Å²) in [4.78, 5) is 26.6. The lowest BCUT2D eigenvalue weighted by Gasteiger charge is -2.40. The Bertz CT molecular complexity index is 1280. The third-order valence-corrected chi connectivity index (χ3v) is 7.94. The van der Waals surface area contributed by atoms with Gasteiger partial charge in [-0.25, -0.2) is 14.7 Å². The molecule has 2 aromatic heterocycles. The van der Waals surface area contributed by atoms with Crippen LogP contribution < -0.4 is 20.3 Å². The van der Waals surface area contributed by atoms with Crippen LogP contribution >= 0.6 is 0 Å². The van der Waals surface area contributed by atoms with Crippen LogP contribution in [0.4, 0.5) is 17.5 Å². The van der Waals surface area contributed by atoms with Crippen molar-refractivity contribution in [1.29, 1.82) is 0 Å². The van der Waals surface area contributed by atoms with Crippen molar-refractivity contribution in [2.75, 3.05) is 41.8 Å². The Morgan fingerprint density at radius 3 is 2.53 bits per heavy atom. The summed E-state index contributed by atoms with van der Waals surface area (Å²) in [6.45, 7) is 15.0. The smallest absolute Gasteiger partial charge is 0.281 e. The average Bonchev–Trinajstić information content (AvgIpc) is 3.04. The molecule has 11 heteroatoms. The minimum atomic E-state index is -4.23. The number of ether oxygens (including phenoxy) is 1. The fourth-order valence-electron chi connectivity index (χ4n) is 5.25. The maximum absolute atomic E-state index is 13.5. The molecule has 1 amide bonds. The quantitative estimate of drug-likeness (QED) is 0.616. The normalized spacial score (nSPS) is 21.4. The van der Waals surface area contributed by atoms with Gasteiger partial charge in [0, 0.05) is 25.2 Å². The Morgan fingerprint density at radius 2 is 1.92 bits per heavy atom. The summed E-state index contributed by atoms with van der Waals surface area (Å²) < 4.78 is 33.9. The van der Waals surface area contributed by atoms with Crippen LogP contribution in [0.1, 0.15) is 57.0 Å². The Hall–Kier alpha value is -2.92. The summed E-state index contributed by atoms with van der Waals surface area (Å²) in [5.74, 6) is 0.935. The topological polar surface area (TPSA) is 131 Å². The molecule has 0 unspecified atom stereocenters. The van der Waals surface area contributed by atoms with Crippen LogP contribution in [0.15, 0.2) is 29.3 Å². The first-order chi connectivity index (χ1) is 16.7. The van der Waals surface area contributed by atoms with E-state index in [9.17, 15) is 13.2 Å². The van der Waals surface area contributed by atoms with Crippen LogP contribution in [-0.2, 0) is 14.8 Å². The van der Waals surface area contributed by atoms with Crippen molar-refractivity contribution < 1.29 is 17.9 Å². The van der Waals surface area contributed by atoms with E-state index in [1.807, 2.05) is 20.8 Å². The summed E-state index contributed by atoms with van der Waals surface area (Å²) in [5, 5.41) is -0.315. The number of hydrogen-bond acceptors (Lipinski definition) is 9. The standard InChI is InChI=1S/C25H36N6O4S/c1-16-13-24(3,4)31(14-16)22-18(23(32)29-36(33,34)20-9-7-8-19(26)27-20)12-17(2)21(28-22)30-10-11-35-25(5,6)15-30/h7-9,12,16H,10-11,13-15H2,1-6H3,(H2,26,27)(H,29,32)/t16-/m0/s1. The van der Waals surface area contributed by atoms with Crippen LogP contribution in [-0.4, -0.2) is 61.7 Å². The molecule has 2 aromatic rings. The van der Waals surface area contributed by atoms with Gasteiger partial charge in [-0.1, -0.05) is 13.0 Å². The van der Waals surface area contributed by atoms with Crippen molar-refractivity contribution in [3.8, 4) is 0 Å². The highest BCUT2D eigenvalue weighted by molar-refractivity contribution is 7.90. The lowest BCUT2D eigenvalue weighted by atomic mass is 9.97. The first-order valence-corrected chi connectivity index (χ1v) is 13.6. The minimum absolute atomic E-state index is 0.0501. The Morgan fingerprint density at radius 1 is 1.19 bits per heavy atom. The number of aromatic nitrogens is 2. The molecule has 2 fully saturated rings. The zero-order chi connectivity index (χ0) is 26.5. The van der Waals surface area contributed by atoms with E-state index in [4.69, 9.17) is 15.5 Å². The van der Waals surface area contributed by atoms with Gasteiger partial charge in [0.05, 0.1) is 17.8 Å². The number of carbonyl (C=O) groups excluding carboxylic acids is 1. The number of morpholine rings is 1. The van der Waals surface area contributed by atoms with Gasteiger partial charge in [-0.3, -0.25) is 4.79 Å². The second-order valence-corrected chi connectivity index (χ2v) is 12.7. The molecule has 0 aliphatic carbocycles. The van der Waals surface area contributed by atoms with Crippen molar-refractivity contribution >= 4 is 33.4 Å². The van der Waals surface area contributed by atoms with E-state index < -0.39 is 15.9 Å². The fraction of sp³-hybridized carbons (Fsp3) is 0.560. The van der Waals surface area contributed by atoms with Crippen molar-refractivity contribution in [3.63, 3.8) is 0 Å². The summed E-state index contributed by atoms with van der Waals surface area (Å²) in [5.41, 5.74) is 6.06. The van der Waals surface area contributed by atoms with Crippen molar-refractivity contribution in [3.05, 3.63) is 35.4 Å². The molecule has 2 aliphatic rings. The first kappa shape index (κ1) is 26.2. The largest absolute Gasteiger partial charge is 0.384 e. The lowest BCUT2D eigenvalue weighted by molar-refractivity contribution is -0.0279. The van der Waals surface area contributed by atoms with Gasteiger partial charge < -0.3 is 20.3 Å². The third-order valence-electron chi connectivity index (χ3n) is 6.71. The van der Waals surface area contributed by atoms with Gasteiger partial charge in [-0.2, -0.15) is 8.42 Å². The second-order valence-electron chi connectivity index (χ2n) is 11.1. The van der Waals surface area contributed by atoms with Crippen LogP contribution in [0, 0.1) is 12.8 Å². The molecule has 4 rings (SSSR count). The molecule has 36 heavy (non-hydrogen) atoms. The minimum Gasteiger partial charge on any atom is -0.384 e. The molecule has 196 valence electrons. The molecular weight excluding hydrogens is 480 g/mol. The van der Waals surface area contributed by atoms with E-state index in [1.165, 1.54) is 18.2 Å². The molecule has 2 saturated heterocycles. The molecule has 0 aromatic carbocycles. The van der Waals surface area contributed by atoms with Gasteiger partial charge in [0.1, 0.15) is 17.5 Å². The van der Waals surface area contributed by atoms with Crippen molar-refractivity contribution in [1.82, 2.24) is 14.7 Å². The number of rotatable bonds is 5. The zero-order valence-corrected chi connectivity index (χ0v) is 22.6. The highest BCUT2D eigenvalue weighted by Crippen LogP contribution is 2.39. The second kappa shape index (κ2) is 9.19.